The summed E-state index contributed by atoms with van der Waals surface area (Å²) in [5, 5.41) is 0. The lowest BCUT2D eigenvalue weighted by atomic mass is 9.40. The van der Waals surface area contributed by atoms with E-state index in [9.17, 15) is 0 Å². The molecule has 0 amide bonds. The van der Waals surface area contributed by atoms with Crippen LogP contribution in [0, 0.1) is 10.8 Å². The minimum absolute atomic E-state index is 0.502. The molecule has 0 unspecified atom stereocenters. The Morgan fingerprint density at radius 3 is 2.12 bits per heavy atom. The molecule has 1 nitrogen and oxygen atoms in total. The van der Waals surface area contributed by atoms with Gasteiger partial charge >= 0.3 is 0 Å². The number of rotatable bonds is 1. The molecule has 0 saturated carbocycles. The summed E-state index contributed by atoms with van der Waals surface area (Å²) in [6, 6.07) is 0. The first kappa shape index (κ1) is 12.2. The van der Waals surface area contributed by atoms with Gasteiger partial charge in [-0.1, -0.05) is 46.4 Å². The van der Waals surface area contributed by atoms with Gasteiger partial charge in [0.2, 0.25) is 0 Å². The third kappa shape index (κ3) is 2.09. The molecule has 0 bridgehead atoms. The smallest absolute Gasteiger partial charge is 0.171 e. The zero-order valence-corrected chi connectivity index (χ0v) is 11.6. The average Bonchev–Trinajstić information content (AvgIpc) is 2.37. The highest BCUT2D eigenvalue weighted by Crippen LogP contribution is 2.54. The van der Waals surface area contributed by atoms with Crippen LogP contribution in [0.15, 0.2) is 11.5 Å². The van der Waals surface area contributed by atoms with Gasteiger partial charge < -0.3 is 4.90 Å². The predicted octanol–water partition coefficient (Wildman–Crippen LogP) is 3.35. The van der Waals surface area contributed by atoms with E-state index in [-0.39, 0.29) is 0 Å². The molecule has 0 aromatic heterocycles. The Morgan fingerprint density at radius 2 is 1.69 bits per heavy atom. The van der Waals surface area contributed by atoms with Gasteiger partial charge in [0.1, 0.15) is 0 Å². The Labute approximate surface area is 101 Å². The topological polar surface area (TPSA) is 3.24 Å². The normalized spacial score (nSPS) is 29.3. The van der Waals surface area contributed by atoms with E-state index in [1.165, 1.54) is 25.6 Å². The maximum atomic E-state index is 2.49. The van der Waals surface area contributed by atoms with Crippen LogP contribution >= 0.6 is 0 Å². The van der Waals surface area contributed by atoms with Gasteiger partial charge in [-0.3, -0.25) is 0 Å². The van der Waals surface area contributed by atoms with Gasteiger partial charge in [-0.25, -0.2) is 0 Å². The van der Waals surface area contributed by atoms with E-state index < -0.39 is 0 Å². The molecule has 1 saturated heterocycles. The van der Waals surface area contributed by atoms with E-state index >= 15 is 0 Å². The predicted molar refractivity (Wildman–Crippen MR) is 73.1 cm³/mol. The summed E-state index contributed by atoms with van der Waals surface area (Å²) >= 11 is 0. The van der Waals surface area contributed by atoms with Crippen molar-refractivity contribution in [3.05, 3.63) is 11.5 Å². The van der Waals surface area contributed by atoms with Crippen LogP contribution < -0.4 is 0 Å². The van der Waals surface area contributed by atoms with E-state index in [0.29, 0.717) is 10.8 Å². The lowest BCUT2D eigenvalue weighted by molar-refractivity contribution is 0.177. The van der Waals surface area contributed by atoms with Gasteiger partial charge in [-0.15, -0.1) is 5.47 Å². The highest BCUT2D eigenvalue weighted by atomic mass is 15.1. The summed E-state index contributed by atoms with van der Waals surface area (Å²) in [5.74, 6) is 0. The van der Waals surface area contributed by atoms with Gasteiger partial charge in [0.25, 0.3) is 0 Å². The van der Waals surface area contributed by atoms with E-state index in [2.05, 4.69) is 45.7 Å². The number of hydrogen-bond acceptors (Lipinski definition) is 1. The fraction of sp³-hybridized carbons (Fsp3) is 0.857. The molecule has 1 fully saturated rings. The molecular formula is C14H26BN. The number of likely N-dealkylation sites (N-methyl/N-ethyl adjacent to an activating group) is 1. The van der Waals surface area contributed by atoms with Gasteiger partial charge in [-0.2, -0.15) is 0 Å². The molecule has 0 atom stereocenters. The van der Waals surface area contributed by atoms with Crippen molar-refractivity contribution >= 4 is 6.71 Å². The first-order chi connectivity index (χ1) is 7.32. The second-order valence-electron chi connectivity index (χ2n) is 7.16. The quantitative estimate of drug-likeness (QED) is 0.611. The molecule has 2 rings (SSSR count). The first-order valence-corrected chi connectivity index (χ1v) is 6.69. The highest BCUT2D eigenvalue weighted by molar-refractivity contribution is 6.68. The van der Waals surface area contributed by atoms with E-state index in [4.69, 9.17) is 0 Å². The van der Waals surface area contributed by atoms with Crippen LogP contribution in [0.4, 0.5) is 0 Å². The lowest BCUT2D eigenvalue weighted by Gasteiger charge is -2.35. The van der Waals surface area contributed by atoms with Crippen LogP contribution in [0.1, 0.15) is 34.1 Å². The van der Waals surface area contributed by atoms with Gasteiger partial charge in [0.15, 0.2) is 6.71 Å². The van der Waals surface area contributed by atoms with Crippen LogP contribution in [0.25, 0.3) is 0 Å². The summed E-state index contributed by atoms with van der Waals surface area (Å²) in [5.41, 5.74) is 2.75. The molecule has 2 heteroatoms. The molecule has 2 aliphatic rings. The molecule has 0 aromatic carbocycles. The van der Waals surface area contributed by atoms with Crippen molar-refractivity contribution in [2.75, 3.05) is 20.1 Å². The Kier molecular flexibility index (Phi) is 2.98. The summed E-state index contributed by atoms with van der Waals surface area (Å²) in [7, 11) is 2.22. The van der Waals surface area contributed by atoms with Gasteiger partial charge in [0.05, 0.1) is 0 Å². The molecule has 0 N–H and O–H groups in total. The molecule has 2 heterocycles. The van der Waals surface area contributed by atoms with Crippen LogP contribution in [0.5, 0.6) is 0 Å². The van der Waals surface area contributed by atoms with E-state index in [1.54, 1.807) is 5.47 Å². The van der Waals surface area contributed by atoms with Crippen molar-refractivity contribution in [3.8, 4) is 0 Å². The molecular weight excluding hydrogens is 193 g/mol. The number of hydrogen-bond donors (Lipinski definition) is 0. The van der Waals surface area contributed by atoms with Crippen LogP contribution in [0.2, 0.25) is 12.6 Å². The number of nitrogens with zero attached hydrogens (tertiary/aromatic N) is 1. The molecule has 16 heavy (non-hydrogen) atoms. The van der Waals surface area contributed by atoms with Crippen molar-refractivity contribution < 1.29 is 0 Å². The third-order valence-corrected chi connectivity index (χ3v) is 5.32. The molecule has 2 aliphatic heterocycles. The molecule has 0 aliphatic carbocycles. The van der Waals surface area contributed by atoms with Crippen LogP contribution in [-0.4, -0.2) is 31.7 Å². The minimum Gasteiger partial charge on any atom is -0.302 e. The fourth-order valence-electron chi connectivity index (χ4n) is 3.28. The Morgan fingerprint density at radius 1 is 1.12 bits per heavy atom. The first-order valence-electron chi connectivity index (χ1n) is 6.69. The Bertz CT molecular complexity index is 288. The molecule has 0 aromatic rings. The molecule has 0 radical (unpaired) electrons. The zero-order chi connectivity index (χ0) is 12.0. The maximum Gasteiger partial charge on any atom is 0.171 e. The molecule has 0 spiro atoms. The monoisotopic (exact) mass is 219 g/mol. The Hall–Kier alpha value is -0.235. The highest BCUT2D eigenvalue weighted by Gasteiger charge is 2.48. The molecule has 90 valence electrons. The zero-order valence-electron chi connectivity index (χ0n) is 11.6. The summed E-state index contributed by atoms with van der Waals surface area (Å²) in [4.78, 5) is 2.41. The standard InChI is InChI=1S/C14H26BN/c1-13(2)10-15(11-14(13,3)4)12-6-8-16(5)9-7-12/h6H,7-11H2,1-5H3. The van der Waals surface area contributed by atoms with Crippen molar-refractivity contribution in [2.45, 2.75) is 46.8 Å². The second kappa shape index (κ2) is 3.91. The SMILES string of the molecule is CN1CC=C(B2CC(C)(C)C(C)(C)C2)CC1. The average molecular weight is 219 g/mol. The van der Waals surface area contributed by atoms with Crippen molar-refractivity contribution in [1.29, 1.82) is 0 Å². The maximum absolute atomic E-state index is 2.49. The fourth-order valence-corrected chi connectivity index (χ4v) is 3.28. The minimum atomic E-state index is 0.502. The largest absolute Gasteiger partial charge is 0.302 e. The summed E-state index contributed by atoms with van der Waals surface area (Å²) in [6.07, 6.45) is 6.56. The second-order valence-corrected chi connectivity index (χ2v) is 7.16. The third-order valence-electron chi connectivity index (χ3n) is 5.32. The van der Waals surface area contributed by atoms with Gasteiger partial charge in [0, 0.05) is 13.1 Å². The van der Waals surface area contributed by atoms with Gasteiger partial charge in [-0.05, 0) is 24.3 Å². The van der Waals surface area contributed by atoms with E-state index in [1.807, 2.05) is 0 Å². The summed E-state index contributed by atoms with van der Waals surface area (Å²) in [6.45, 7) is 13.1. The van der Waals surface area contributed by atoms with Crippen molar-refractivity contribution in [1.82, 2.24) is 4.90 Å². The van der Waals surface area contributed by atoms with Crippen molar-refractivity contribution in [3.63, 3.8) is 0 Å². The van der Waals surface area contributed by atoms with Crippen LogP contribution in [-0.2, 0) is 0 Å². The lowest BCUT2D eigenvalue weighted by Crippen LogP contribution is -2.28. The summed E-state index contributed by atoms with van der Waals surface area (Å²) < 4.78 is 0. The van der Waals surface area contributed by atoms with Crippen molar-refractivity contribution in [2.24, 2.45) is 10.8 Å². The Balaban J connectivity index is 2.09. The van der Waals surface area contributed by atoms with E-state index in [0.717, 1.165) is 13.3 Å². The van der Waals surface area contributed by atoms with Crippen LogP contribution in [0.3, 0.4) is 0 Å².